The number of anilines is 1. The Balaban J connectivity index is 1.29. The second-order valence-electron chi connectivity index (χ2n) is 6.86. The molecule has 0 bridgehead atoms. The van der Waals surface area contributed by atoms with Gasteiger partial charge in [0.05, 0.1) is 11.4 Å². The zero-order valence-electron chi connectivity index (χ0n) is 17.4. The number of amides is 2. The fourth-order valence-electron chi connectivity index (χ4n) is 2.74. The quantitative estimate of drug-likeness (QED) is 0.332. The maximum Gasteiger partial charge on any atom is 0.277 e. The van der Waals surface area contributed by atoms with Gasteiger partial charge in [-0.2, -0.15) is 0 Å². The zero-order valence-corrected chi connectivity index (χ0v) is 19.8. The number of thiazole rings is 1. The molecule has 0 aliphatic rings. The number of benzene rings is 2. The molecule has 2 aromatic carbocycles. The molecule has 33 heavy (non-hydrogen) atoms. The summed E-state index contributed by atoms with van der Waals surface area (Å²) in [7, 11) is 0. The number of halogens is 1. The molecule has 4 rings (SSSR count). The topological polar surface area (TPSA) is 110 Å². The van der Waals surface area contributed by atoms with Crippen molar-refractivity contribution in [3.63, 3.8) is 0 Å². The Kier molecular flexibility index (Phi) is 7.38. The Bertz CT molecular complexity index is 1260. The van der Waals surface area contributed by atoms with E-state index in [9.17, 15) is 9.59 Å². The molecule has 2 aromatic heterocycles. The maximum atomic E-state index is 12.3. The van der Waals surface area contributed by atoms with Crippen LogP contribution in [-0.2, 0) is 16.1 Å². The van der Waals surface area contributed by atoms with Gasteiger partial charge in [0.25, 0.3) is 5.22 Å². The largest absolute Gasteiger partial charge is 0.411 e. The number of hydrogen-bond acceptors (Lipinski definition) is 8. The van der Waals surface area contributed by atoms with Crippen molar-refractivity contribution < 1.29 is 14.0 Å². The first kappa shape index (κ1) is 23.0. The molecule has 4 aromatic rings. The summed E-state index contributed by atoms with van der Waals surface area (Å²) in [5.41, 5.74) is 3.43. The van der Waals surface area contributed by atoms with Crippen LogP contribution in [-0.4, -0.2) is 32.7 Å². The summed E-state index contributed by atoms with van der Waals surface area (Å²) in [5, 5.41) is 16.8. The first-order valence-electron chi connectivity index (χ1n) is 9.77. The van der Waals surface area contributed by atoms with Gasteiger partial charge in [0, 0.05) is 35.0 Å². The highest BCUT2D eigenvalue weighted by Gasteiger charge is 2.13. The van der Waals surface area contributed by atoms with Gasteiger partial charge in [-0.05, 0) is 29.8 Å². The van der Waals surface area contributed by atoms with Crippen LogP contribution < -0.4 is 10.6 Å². The Labute approximate surface area is 202 Å². The smallest absolute Gasteiger partial charge is 0.277 e. The van der Waals surface area contributed by atoms with E-state index in [-0.39, 0.29) is 17.6 Å². The van der Waals surface area contributed by atoms with Crippen LogP contribution >= 0.6 is 34.7 Å². The van der Waals surface area contributed by atoms with Crippen molar-refractivity contribution in [3.05, 3.63) is 64.5 Å². The average Bonchev–Trinajstić information content (AvgIpc) is 3.47. The zero-order chi connectivity index (χ0) is 23.2. The fourth-order valence-corrected chi connectivity index (χ4v) is 4.17. The summed E-state index contributed by atoms with van der Waals surface area (Å²) in [5.74, 6) is 0.174. The molecule has 2 amide bonds. The Hall–Kier alpha value is -3.21. The van der Waals surface area contributed by atoms with Gasteiger partial charge in [-0.15, -0.1) is 21.5 Å². The molecule has 0 fully saturated rings. The molecule has 0 radical (unpaired) electrons. The molecular formula is C22H18ClN5O3S2. The van der Waals surface area contributed by atoms with Crippen molar-refractivity contribution in [2.45, 2.75) is 18.7 Å². The van der Waals surface area contributed by atoms with Gasteiger partial charge in [-0.1, -0.05) is 47.6 Å². The lowest BCUT2D eigenvalue weighted by Crippen LogP contribution is -2.18. The maximum absolute atomic E-state index is 12.3. The molecule has 0 aliphatic heterocycles. The van der Waals surface area contributed by atoms with Gasteiger partial charge in [0.15, 0.2) is 5.13 Å². The van der Waals surface area contributed by atoms with E-state index in [2.05, 4.69) is 25.8 Å². The third-order valence-electron chi connectivity index (χ3n) is 4.37. The number of nitrogens with zero attached hydrogens (tertiary/aromatic N) is 3. The summed E-state index contributed by atoms with van der Waals surface area (Å²) < 4.78 is 5.59. The van der Waals surface area contributed by atoms with Crippen LogP contribution in [0.2, 0.25) is 5.02 Å². The second kappa shape index (κ2) is 10.6. The van der Waals surface area contributed by atoms with Crippen molar-refractivity contribution in [1.82, 2.24) is 20.5 Å². The molecular weight excluding hydrogens is 482 g/mol. The summed E-state index contributed by atoms with van der Waals surface area (Å²) in [4.78, 5) is 27.8. The predicted molar refractivity (Wildman–Crippen MR) is 129 cm³/mol. The van der Waals surface area contributed by atoms with Crippen LogP contribution in [0.4, 0.5) is 5.13 Å². The summed E-state index contributed by atoms with van der Waals surface area (Å²) >= 11 is 8.38. The molecule has 11 heteroatoms. The standard InChI is InChI=1S/C22H18ClN5O3S2/c1-13(29)24-10-14-2-4-15(5-3-14)18-11-32-21(25-18)26-19(30)12-33-22-28-27-20(31-22)16-6-8-17(23)9-7-16/h2-9,11H,10,12H2,1H3,(H,24,29)(H,25,26,30). The lowest BCUT2D eigenvalue weighted by molar-refractivity contribution is -0.119. The van der Waals surface area contributed by atoms with Gasteiger partial charge < -0.3 is 15.1 Å². The van der Waals surface area contributed by atoms with Gasteiger partial charge in [-0.25, -0.2) is 4.98 Å². The Morgan fingerprint density at radius 2 is 1.79 bits per heavy atom. The van der Waals surface area contributed by atoms with Crippen molar-refractivity contribution in [3.8, 4) is 22.7 Å². The first-order valence-corrected chi connectivity index (χ1v) is 12.0. The number of hydrogen-bond donors (Lipinski definition) is 2. The minimum Gasteiger partial charge on any atom is -0.411 e. The third-order valence-corrected chi connectivity index (χ3v) is 6.19. The minimum atomic E-state index is -0.224. The monoisotopic (exact) mass is 499 g/mol. The van der Waals surface area contributed by atoms with Crippen molar-refractivity contribution in [2.24, 2.45) is 0 Å². The van der Waals surface area contributed by atoms with Crippen molar-refractivity contribution >= 4 is 51.6 Å². The molecule has 0 unspecified atom stereocenters. The van der Waals surface area contributed by atoms with Gasteiger partial charge in [-0.3, -0.25) is 9.59 Å². The van der Waals surface area contributed by atoms with E-state index in [1.165, 1.54) is 18.3 Å². The van der Waals surface area contributed by atoms with Crippen LogP contribution in [0.15, 0.2) is 63.6 Å². The number of rotatable bonds is 8. The van der Waals surface area contributed by atoms with Gasteiger partial charge in [0.2, 0.25) is 17.7 Å². The highest BCUT2D eigenvalue weighted by atomic mass is 35.5. The van der Waals surface area contributed by atoms with Crippen LogP contribution in [0.25, 0.3) is 22.7 Å². The highest BCUT2D eigenvalue weighted by Crippen LogP contribution is 2.27. The summed E-state index contributed by atoms with van der Waals surface area (Å²) in [6, 6.07) is 14.8. The van der Waals surface area contributed by atoms with Crippen LogP contribution in [0.5, 0.6) is 0 Å². The molecule has 2 N–H and O–H groups in total. The van der Waals surface area contributed by atoms with E-state index in [1.54, 1.807) is 24.3 Å². The van der Waals surface area contributed by atoms with E-state index >= 15 is 0 Å². The van der Waals surface area contributed by atoms with Crippen LogP contribution in [0.1, 0.15) is 12.5 Å². The third kappa shape index (κ3) is 6.41. The number of aromatic nitrogens is 3. The number of carbonyl (C=O) groups is 2. The van der Waals surface area contributed by atoms with E-state index < -0.39 is 0 Å². The molecule has 2 heterocycles. The number of carbonyl (C=O) groups excluding carboxylic acids is 2. The van der Waals surface area contributed by atoms with Gasteiger partial charge in [0.1, 0.15) is 0 Å². The van der Waals surface area contributed by atoms with Crippen molar-refractivity contribution in [1.29, 1.82) is 0 Å². The normalized spacial score (nSPS) is 10.7. The fraction of sp³-hybridized carbons (Fsp3) is 0.136. The molecule has 8 nitrogen and oxygen atoms in total. The summed E-state index contributed by atoms with van der Waals surface area (Å²) in [6.45, 7) is 1.96. The molecule has 0 atom stereocenters. The first-order chi connectivity index (χ1) is 16.0. The second-order valence-corrected chi connectivity index (χ2v) is 9.08. The SMILES string of the molecule is CC(=O)NCc1ccc(-c2csc(NC(=O)CSc3nnc(-c4ccc(Cl)cc4)o3)n2)cc1. The van der Waals surface area contributed by atoms with E-state index in [1.807, 2.05) is 29.6 Å². The average molecular weight is 500 g/mol. The Morgan fingerprint density at radius 3 is 2.52 bits per heavy atom. The lowest BCUT2D eigenvalue weighted by Gasteiger charge is -2.03. The molecule has 168 valence electrons. The van der Waals surface area contributed by atoms with E-state index in [0.29, 0.717) is 27.8 Å². The van der Waals surface area contributed by atoms with Crippen LogP contribution in [0, 0.1) is 0 Å². The predicted octanol–water partition coefficient (Wildman–Crippen LogP) is 4.88. The van der Waals surface area contributed by atoms with E-state index in [4.69, 9.17) is 16.0 Å². The highest BCUT2D eigenvalue weighted by molar-refractivity contribution is 7.99. The lowest BCUT2D eigenvalue weighted by atomic mass is 10.1. The molecule has 0 saturated heterocycles. The van der Waals surface area contributed by atoms with Crippen molar-refractivity contribution in [2.75, 3.05) is 11.1 Å². The number of nitrogens with one attached hydrogen (secondary N) is 2. The molecule has 0 aliphatic carbocycles. The molecule has 0 saturated carbocycles. The van der Waals surface area contributed by atoms with E-state index in [0.717, 1.165) is 34.1 Å². The summed E-state index contributed by atoms with van der Waals surface area (Å²) in [6.07, 6.45) is 0. The van der Waals surface area contributed by atoms with Gasteiger partial charge >= 0.3 is 0 Å². The minimum absolute atomic E-state index is 0.0711. The number of thioether (sulfide) groups is 1. The Morgan fingerprint density at radius 1 is 1.06 bits per heavy atom. The molecule has 0 spiro atoms. The van der Waals surface area contributed by atoms with Crippen LogP contribution in [0.3, 0.4) is 0 Å².